The average molecular weight is 401 g/mol. The Bertz CT molecular complexity index is 693. The lowest BCUT2D eigenvalue weighted by molar-refractivity contribution is -0.134. The molecule has 0 aromatic heterocycles. The number of amides is 1. The van der Waals surface area contributed by atoms with Crippen LogP contribution in [0.3, 0.4) is 0 Å². The van der Waals surface area contributed by atoms with Gasteiger partial charge < -0.3 is 20.3 Å². The highest BCUT2D eigenvalue weighted by Gasteiger charge is 2.32. The maximum Gasteiger partial charge on any atom is 0.225 e. The van der Waals surface area contributed by atoms with Gasteiger partial charge in [-0.05, 0) is 63.3 Å². The number of likely N-dealkylation sites (tertiary alicyclic amines) is 1. The first-order valence-corrected chi connectivity index (χ1v) is 11.1. The van der Waals surface area contributed by atoms with Gasteiger partial charge in [0.1, 0.15) is 12.4 Å². The minimum absolute atomic E-state index is 0.262. The van der Waals surface area contributed by atoms with Gasteiger partial charge in [-0.15, -0.1) is 0 Å². The van der Waals surface area contributed by atoms with E-state index in [2.05, 4.69) is 54.6 Å². The van der Waals surface area contributed by atoms with Crippen molar-refractivity contribution in [1.82, 2.24) is 15.5 Å². The molecule has 3 rings (SSSR count). The molecule has 2 aliphatic rings. The van der Waals surface area contributed by atoms with Crippen LogP contribution in [0.2, 0.25) is 0 Å². The number of nitrogens with one attached hydrogen (secondary N) is 2. The number of rotatable bonds is 7. The van der Waals surface area contributed by atoms with Crippen LogP contribution in [0.1, 0.15) is 50.2 Å². The third kappa shape index (κ3) is 6.38. The molecule has 1 saturated carbocycles. The number of nitrogens with zero attached hydrogens (tertiary/aromatic N) is 2. The van der Waals surface area contributed by atoms with Gasteiger partial charge in [0, 0.05) is 31.6 Å². The molecule has 1 aliphatic heterocycles. The Balaban J connectivity index is 1.46. The van der Waals surface area contributed by atoms with Gasteiger partial charge in [0.05, 0.1) is 6.54 Å². The van der Waals surface area contributed by atoms with Gasteiger partial charge in [0.2, 0.25) is 5.91 Å². The molecule has 0 spiro atoms. The normalized spacial score (nSPS) is 20.2. The fraction of sp³-hybridized carbons (Fsp3) is 0.652. The van der Waals surface area contributed by atoms with E-state index >= 15 is 0 Å². The van der Waals surface area contributed by atoms with Crippen LogP contribution in [0.5, 0.6) is 5.75 Å². The minimum Gasteiger partial charge on any atom is -0.492 e. The molecule has 0 bridgehead atoms. The van der Waals surface area contributed by atoms with E-state index in [1.165, 1.54) is 24.0 Å². The summed E-state index contributed by atoms with van der Waals surface area (Å²) in [5.74, 6) is 2.32. The largest absolute Gasteiger partial charge is 0.492 e. The maximum absolute atomic E-state index is 12.6. The summed E-state index contributed by atoms with van der Waals surface area (Å²) in [6.07, 6.45) is 5.51. The number of aliphatic imine (C=N–C) groups is 1. The lowest BCUT2D eigenvalue weighted by atomic mass is 10.1. The lowest BCUT2D eigenvalue weighted by Gasteiger charge is -2.21. The molecule has 1 unspecified atom stereocenters. The Morgan fingerprint density at radius 2 is 1.90 bits per heavy atom. The zero-order valence-electron chi connectivity index (χ0n) is 18.2. The number of carbonyl (C=O) groups is 1. The number of aryl methyl sites for hydroxylation is 2. The third-order valence-electron chi connectivity index (χ3n) is 5.71. The van der Waals surface area contributed by atoms with E-state index < -0.39 is 0 Å². The van der Waals surface area contributed by atoms with E-state index in [1.807, 2.05) is 4.90 Å². The first-order chi connectivity index (χ1) is 14.0. The van der Waals surface area contributed by atoms with Crippen molar-refractivity contribution in [1.29, 1.82) is 0 Å². The van der Waals surface area contributed by atoms with E-state index in [0.29, 0.717) is 19.1 Å². The molecule has 2 N–H and O–H groups in total. The van der Waals surface area contributed by atoms with Crippen LogP contribution in [0.4, 0.5) is 0 Å². The number of hydrogen-bond donors (Lipinski definition) is 2. The standard InChI is InChI=1S/C23H36N4O2/c1-4-24-23(25-10-12-29-21-14-17(2)13-18(3)15-21)26-20-9-11-27(16-20)22(28)19-7-5-6-8-19/h13-15,19-20H,4-12,16H2,1-3H3,(H2,24,25,26). The number of benzene rings is 1. The van der Waals surface area contributed by atoms with Gasteiger partial charge in [0.15, 0.2) is 5.96 Å². The highest BCUT2D eigenvalue weighted by Crippen LogP contribution is 2.27. The van der Waals surface area contributed by atoms with Crippen LogP contribution in [-0.4, -0.2) is 55.6 Å². The van der Waals surface area contributed by atoms with E-state index in [4.69, 9.17) is 4.74 Å². The van der Waals surface area contributed by atoms with E-state index in [-0.39, 0.29) is 12.0 Å². The summed E-state index contributed by atoms with van der Waals surface area (Å²) in [6.45, 7) is 9.77. The zero-order chi connectivity index (χ0) is 20.6. The van der Waals surface area contributed by atoms with Crippen molar-refractivity contribution in [3.63, 3.8) is 0 Å². The van der Waals surface area contributed by atoms with Gasteiger partial charge in [0.25, 0.3) is 0 Å². The van der Waals surface area contributed by atoms with Crippen molar-refractivity contribution in [3.8, 4) is 5.75 Å². The Morgan fingerprint density at radius 3 is 2.59 bits per heavy atom. The van der Waals surface area contributed by atoms with Crippen LogP contribution in [0.15, 0.2) is 23.2 Å². The van der Waals surface area contributed by atoms with Crippen LogP contribution in [-0.2, 0) is 4.79 Å². The molecule has 1 aromatic rings. The second-order valence-corrected chi connectivity index (χ2v) is 8.33. The Kier molecular flexibility index (Phi) is 7.78. The molecule has 1 saturated heterocycles. The lowest BCUT2D eigenvalue weighted by Crippen LogP contribution is -2.45. The van der Waals surface area contributed by atoms with Crippen molar-refractivity contribution in [2.24, 2.45) is 10.9 Å². The first kappa shape index (κ1) is 21.5. The van der Waals surface area contributed by atoms with Gasteiger partial charge >= 0.3 is 0 Å². The van der Waals surface area contributed by atoms with Crippen molar-refractivity contribution in [2.75, 3.05) is 32.8 Å². The molecule has 1 aliphatic carbocycles. The second-order valence-electron chi connectivity index (χ2n) is 8.33. The molecule has 29 heavy (non-hydrogen) atoms. The Hall–Kier alpha value is -2.24. The van der Waals surface area contributed by atoms with Gasteiger partial charge in [-0.3, -0.25) is 4.79 Å². The van der Waals surface area contributed by atoms with Gasteiger partial charge in [-0.25, -0.2) is 4.99 Å². The topological polar surface area (TPSA) is 66.0 Å². The first-order valence-electron chi connectivity index (χ1n) is 11.1. The van der Waals surface area contributed by atoms with E-state index in [0.717, 1.165) is 50.6 Å². The van der Waals surface area contributed by atoms with Gasteiger partial charge in [-0.1, -0.05) is 18.9 Å². The number of guanidine groups is 1. The van der Waals surface area contributed by atoms with Crippen molar-refractivity contribution >= 4 is 11.9 Å². The fourth-order valence-corrected chi connectivity index (χ4v) is 4.36. The maximum atomic E-state index is 12.6. The summed E-state index contributed by atoms with van der Waals surface area (Å²) >= 11 is 0. The summed E-state index contributed by atoms with van der Waals surface area (Å²) in [5, 5.41) is 6.80. The molecule has 1 atom stereocenters. The molecular formula is C23H36N4O2. The van der Waals surface area contributed by atoms with E-state index in [1.54, 1.807) is 0 Å². The molecule has 6 nitrogen and oxygen atoms in total. The highest BCUT2D eigenvalue weighted by molar-refractivity contribution is 5.81. The monoisotopic (exact) mass is 400 g/mol. The van der Waals surface area contributed by atoms with Crippen LogP contribution in [0, 0.1) is 19.8 Å². The molecule has 1 aromatic carbocycles. The van der Waals surface area contributed by atoms with Crippen molar-refractivity contribution in [3.05, 3.63) is 29.3 Å². The highest BCUT2D eigenvalue weighted by atomic mass is 16.5. The third-order valence-corrected chi connectivity index (χ3v) is 5.71. The fourth-order valence-electron chi connectivity index (χ4n) is 4.36. The second kappa shape index (κ2) is 10.5. The Morgan fingerprint density at radius 1 is 1.17 bits per heavy atom. The van der Waals surface area contributed by atoms with Crippen LogP contribution < -0.4 is 15.4 Å². The molecule has 160 valence electrons. The van der Waals surface area contributed by atoms with Crippen molar-refractivity contribution < 1.29 is 9.53 Å². The smallest absolute Gasteiger partial charge is 0.225 e. The molecular weight excluding hydrogens is 364 g/mol. The summed E-state index contributed by atoms with van der Waals surface area (Å²) in [4.78, 5) is 19.3. The van der Waals surface area contributed by atoms with Gasteiger partial charge in [-0.2, -0.15) is 0 Å². The molecule has 1 amide bonds. The van der Waals surface area contributed by atoms with Crippen LogP contribution in [0.25, 0.3) is 0 Å². The summed E-state index contributed by atoms with van der Waals surface area (Å²) in [5.41, 5.74) is 2.41. The Labute approximate surface area is 175 Å². The number of ether oxygens (including phenoxy) is 1. The predicted octanol–water partition coefficient (Wildman–Crippen LogP) is 3.03. The summed E-state index contributed by atoms with van der Waals surface area (Å²) < 4.78 is 5.86. The number of hydrogen-bond acceptors (Lipinski definition) is 3. The number of carbonyl (C=O) groups excluding carboxylic acids is 1. The molecule has 1 heterocycles. The average Bonchev–Trinajstić information content (AvgIpc) is 3.36. The molecule has 0 radical (unpaired) electrons. The zero-order valence-corrected chi connectivity index (χ0v) is 18.2. The van der Waals surface area contributed by atoms with Crippen molar-refractivity contribution in [2.45, 2.75) is 58.9 Å². The molecule has 6 heteroatoms. The predicted molar refractivity (Wildman–Crippen MR) is 117 cm³/mol. The SMILES string of the molecule is CCNC(=NCCOc1cc(C)cc(C)c1)NC1CCN(C(=O)C2CCCC2)C1. The minimum atomic E-state index is 0.262. The van der Waals surface area contributed by atoms with Crippen LogP contribution >= 0.6 is 0 Å². The molecule has 2 fully saturated rings. The summed E-state index contributed by atoms with van der Waals surface area (Å²) in [6, 6.07) is 6.50. The van der Waals surface area contributed by atoms with E-state index in [9.17, 15) is 4.79 Å². The quantitative estimate of drug-likeness (QED) is 0.419. The summed E-state index contributed by atoms with van der Waals surface area (Å²) in [7, 11) is 0.